The van der Waals surface area contributed by atoms with Crippen molar-refractivity contribution >= 4 is 41.0 Å². The molecular weight excluding hydrogens is 450 g/mol. The van der Waals surface area contributed by atoms with E-state index in [-0.39, 0.29) is 17.3 Å². The Morgan fingerprint density at radius 1 is 1.12 bits per heavy atom. The Kier molecular flexibility index (Phi) is 6.03. The second-order valence-electron chi connectivity index (χ2n) is 8.00. The van der Waals surface area contributed by atoms with E-state index in [1.165, 1.54) is 4.90 Å². The van der Waals surface area contributed by atoms with Gasteiger partial charge in [0.2, 0.25) is 0 Å². The molecule has 5 rings (SSSR count). The second kappa shape index (κ2) is 8.94. The number of fused-ring (bicyclic) bond motifs is 1. The predicted molar refractivity (Wildman–Crippen MR) is 124 cm³/mol. The lowest BCUT2D eigenvalue weighted by Crippen LogP contribution is -2.36. The third-order valence-electron chi connectivity index (χ3n) is 6.09. The largest absolute Gasteiger partial charge is 0.496 e. The van der Waals surface area contributed by atoms with Gasteiger partial charge in [-0.05, 0) is 42.0 Å². The summed E-state index contributed by atoms with van der Waals surface area (Å²) in [4.78, 5) is 31.7. The van der Waals surface area contributed by atoms with Crippen molar-refractivity contribution in [1.82, 2.24) is 9.80 Å². The molecule has 0 aliphatic carbocycles. The number of carbonyl (C=O) groups is 2. The molecule has 9 heteroatoms. The molecule has 0 N–H and O–H groups in total. The molecule has 0 saturated carbocycles. The van der Waals surface area contributed by atoms with Crippen LogP contribution in [0.4, 0.5) is 10.5 Å². The van der Waals surface area contributed by atoms with Crippen LogP contribution in [0.25, 0.3) is 0 Å². The van der Waals surface area contributed by atoms with E-state index in [1.54, 1.807) is 48.0 Å². The topological polar surface area (TPSA) is 62.3 Å². The highest BCUT2D eigenvalue weighted by molar-refractivity contribution is 7.99. The Morgan fingerprint density at radius 3 is 2.59 bits per heavy atom. The van der Waals surface area contributed by atoms with Crippen molar-refractivity contribution in [2.45, 2.75) is 18.0 Å². The molecule has 2 aromatic rings. The quantitative estimate of drug-likeness (QED) is 0.616. The summed E-state index contributed by atoms with van der Waals surface area (Å²) >= 11 is 7.60. The van der Waals surface area contributed by atoms with Crippen LogP contribution in [-0.4, -0.2) is 66.9 Å². The van der Waals surface area contributed by atoms with Crippen LogP contribution >= 0.6 is 23.4 Å². The Hall–Kier alpha value is -2.26. The molecular formula is C23H24ClN3O4S. The van der Waals surface area contributed by atoms with E-state index in [2.05, 4.69) is 11.0 Å². The molecule has 2 atom stereocenters. The van der Waals surface area contributed by atoms with Crippen LogP contribution in [-0.2, 0) is 16.1 Å². The summed E-state index contributed by atoms with van der Waals surface area (Å²) in [6.45, 7) is 3.97. The number of rotatable bonds is 5. The van der Waals surface area contributed by atoms with Gasteiger partial charge in [0.05, 0.1) is 26.0 Å². The first kappa shape index (κ1) is 21.6. The summed E-state index contributed by atoms with van der Waals surface area (Å²) in [7, 11) is 1.67. The fourth-order valence-corrected chi connectivity index (χ4v) is 5.98. The van der Waals surface area contributed by atoms with Gasteiger partial charge in [0.15, 0.2) is 0 Å². The van der Waals surface area contributed by atoms with Gasteiger partial charge in [-0.25, -0.2) is 9.69 Å². The molecule has 3 fully saturated rings. The van der Waals surface area contributed by atoms with Gasteiger partial charge in [-0.1, -0.05) is 17.7 Å². The van der Waals surface area contributed by atoms with Gasteiger partial charge in [-0.3, -0.25) is 14.6 Å². The molecule has 168 valence electrons. The number of carbonyl (C=O) groups excluding carboxylic acids is 2. The smallest absolute Gasteiger partial charge is 0.333 e. The van der Waals surface area contributed by atoms with E-state index < -0.39 is 6.04 Å². The van der Waals surface area contributed by atoms with Crippen molar-refractivity contribution in [3.05, 3.63) is 58.6 Å². The molecule has 7 nitrogen and oxygen atoms in total. The van der Waals surface area contributed by atoms with Gasteiger partial charge in [-0.15, -0.1) is 11.8 Å². The Labute approximate surface area is 196 Å². The molecule has 0 unspecified atom stereocenters. The van der Waals surface area contributed by atoms with Gasteiger partial charge in [0.1, 0.15) is 17.2 Å². The number of amides is 3. The maximum absolute atomic E-state index is 13.3. The lowest BCUT2D eigenvalue weighted by molar-refractivity contribution is -0.119. The minimum absolute atomic E-state index is 0.186. The molecule has 3 saturated heterocycles. The Bertz CT molecular complexity index is 1030. The van der Waals surface area contributed by atoms with E-state index in [1.807, 2.05) is 12.1 Å². The summed E-state index contributed by atoms with van der Waals surface area (Å²) in [5.74, 6) is 1.21. The lowest BCUT2D eigenvalue weighted by atomic mass is 10.1. The van der Waals surface area contributed by atoms with Crippen molar-refractivity contribution in [2.75, 3.05) is 44.1 Å². The van der Waals surface area contributed by atoms with E-state index in [0.717, 1.165) is 49.7 Å². The highest BCUT2D eigenvalue weighted by Crippen LogP contribution is 2.46. The summed E-state index contributed by atoms with van der Waals surface area (Å²) in [5.41, 5.74) is 2.62. The third-order valence-corrected chi connectivity index (χ3v) is 7.67. The maximum Gasteiger partial charge on any atom is 0.333 e. The van der Waals surface area contributed by atoms with E-state index in [4.69, 9.17) is 21.1 Å². The number of benzene rings is 2. The highest BCUT2D eigenvalue weighted by Gasteiger charge is 2.53. The van der Waals surface area contributed by atoms with Crippen LogP contribution in [0.3, 0.4) is 0 Å². The summed E-state index contributed by atoms with van der Waals surface area (Å²) < 4.78 is 11.1. The molecule has 2 aromatic carbocycles. The predicted octanol–water partition coefficient (Wildman–Crippen LogP) is 3.76. The number of anilines is 1. The first-order valence-electron chi connectivity index (χ1n) is 10.6. The van der Waals surface area contributed by atoms with Crippen LogP contribution in [0.5, 0.6) is 5.75 Å². The maximum atomic E-state index is 13.3. The monoisotopic (exact) mass is 473 g/mol. The number of methoxy groups -OCH3 is 1. The van der Waals surface area contributed by atoms with Crippen LogP contribution in [0.1, 0.15) is 16.5 Å². The van der Waals surface area contributed by atoms with E-state index in [9.17, 15) is 9.59 Å². The third kappa shape index (κ3) is 3.85. The van der Waals surface area contributed by atoms with Crippen molar-refractivity contribution in [2.24, 2.45) is 0 Å². The molecule has 3 aliphatic heterocycles. The molecule has 3 aliphatic rings. The highest BCUT2D eigenvalue weighted by atomic mass is 35.5. The van der Waals surface area contributed by atoms with Gasteiger partial charge in [0, 0.05) is 36.0 Å². The lowest BCUT2D eigenvalue weighted by Gasteiger charge is -2.28. The number of nitrogens with zero attached hydrogens (tertiary/aromatic N) is 3. The first-order valence-corrected chi connectivity index (χ1v) is 12.0. The minimum Gasteiger partial charge on any atom is -0.496 e. The molecule has 0 aromatic heterocycles. The van der Waals surface area contributed by atoms with Gasteiger partial charge in [0.25, 0.3) is 5.91 Å². The summed E-state index contributed by atoms with van der Waals surface area (Å²) in [5, 5.41) is 0.343. The number of ether oxygens (including phenoxy) is 2. The standard InChI is InChI=1S/C23H24ClN3O4S/c1-30-20-7-2-15(12-16(20)13-25-8-10-31-11-9-25)22-27-19(14-32-22)21(28)26(23(27)29)18-5-3-17(24)4-6-18/h2-7,12,19,22H,8-11,13-14H2,1H3/t19-,22-/m0/s1. The number of halogens is 1. The van der Waals surface area contributed by atoms with Crippen molar-refractivity contribution in [1.29, 1.82) is 0 Å². The molecule has 0 spiro atoms. The van der Waals surface area contributed by atoms with Gasteiger partial charge < -0.3 is 9.47 Å². The van der Waals surface area contributed by atoms with Crippen LogP contribution in [0, 0.1) is 0 Å². The number of urea groups is 1. The van der Waals surface area contributed by atoms with Gasteiger partial charge in [-0.2, -0.15) is 0 Å². The molecule has 3 heterocycles. The Balaban J connectivity index is 1.42. The second-order valence-corrected chi connectivity index (χ2v) is 9.55. The van der Waals surface area contributed by atoms with Crippen molar-refractivity contribution < 1.29 is 19.1 Å². The molecule has 0 bridgehead atoms. The SMILES string of the molecule is COc1ccc([C@@H]2SC[C@H]3C(=O)N(c4ccc(Cl)cc4)C(=O)N32)cc1CN1CCOCC1. The molecule has 3 amide bonds. The zero-order chi connectivity index (χ0) is 22.2. The summed E-state index contributed by atoms with van der Waals surface area (Å²) in [6, 6.07) is 12.1. The fraction of sp³-hybridized carbons (Fsp3) is 0.391. The van der Waals surface area contributed by atoms with Crippen molar-refractivity contribution in [3.8, 4) is 5.75 Å². The summed E-state index contributed by atoms with van der Waals surface area (Å²) in [6.07, 6.45) is 0. The number of hydrogen-bond acceptors (Lipinski definition) is 6. The Morgan fingerprint density at radius 2 is 1.88 bits per heavy atom. The molecule has 32 heavy (non-hydrogen) atoms. The number of imide groups is 1. The molecule has 0 radical (unpaired) electrons. The normalized spacial score (nSPS) is 23.7. The van der Waals surface area contributed by atoms with Crippen LogP contribution in [0.2, 0.25) is 5.02 Å². The van der Waals surface area contributed by atoms with E-state index >= 15 is 0 Å². The average Bonchev–Trinajstić information content (AvgIpc) is 3.35. The minimum atomic E-state index is -0.460. The first-order chi connectivity index (χ1) is 15.6. The number of morpholine rings is 1. The zero-order valence-corrected chi connectivity index (χ0v) is 19.3. The fourth-order valence-electron chi connectivity index (χ4n) is 4.45. The van der Waals surface area contributed by atoms with Crippen LogP contribution < -0.4 is 9.64 Å². The van der Waals surface area contributed by atoms with Gasteiger partial charge >= 0.3 is 6.03 Å². The van der Waals surface area contributed by atoms with Crippen LogP contribution in [0.15, 0.2) is 42.5 Å². The number of hydrogen-bond donors (Lipinski definition) is 0. The zero-order valence-electron chi connectivity index (χ0n) is 17.7. The van der Waals surface area contributed by atoms with E-state index in [0.29, 0.717) is 16.5 Å². The number of thioether (sulfide) groups is 1. The average molecular weight is 474 g/mol. The van der Waals surface area contributed by atoms with Crippen molar-refractivity contribution in [3.63, 3.8) is 0 Å².